The van der Waals surface area contributed by atoms with E-state index in [1.165, 1.54) is 6.07 Å². The maximum atomic E-state index is 13.6. The number of nitrogens with zero attached hydrogens (tertiary/aromatic N) is 1. The molecule has 0 unspecified atom stereocenters. The van der Waals surface area contributed by atoms with Gasteiger partial charge in [0.05, 0.1) is 5.69 Å². The van der Waals surface area contributed by atoms with Crippen molar-refractivity contribution in [2.75, 3.05) is 0 Å². The van der Waals surface area contributed by atoms with Crippen molar-refractivity contribution in [1.29, 1.82) is 0 Å². The number of benzene rings is 1. The number of hydrogen-bond acceptors (Lipinski definition) is 3. The van der Waals surface area contributed by atoms with E-state index in [-0.39, 0.29) is 11.9 Å². The highest BCUT2D eigenvalue weighted by molar-refractivity contribution is 5.59. The van der Waals surface area contributed by atoms with Gasteiger partial charge < -0.3 is 11.5 Å². The summed E-state index contributed by atoms with van der Waals surface area (Å²) in [6, 6.07) is 9.91. The fourth-order valence-electron chi connectivity index (χ4n) is 1.76. The lowest BCUT2D eigenvalue weighted by molar-refractivity contribution is 0.630. The van der Waals surface area contributed by atoms with Gasteiger partial charge in [0, 0.05) is 23.5 Å². The van der Waals surface area contributed by atoms with Crippen LogP contribution in [0.5, 0.6) is 0 Å². The smallest absolute Gasteiger partial charge is 0.132 e. The van der Waals surface area contributed by atoms with Crippen molar-refractivity contribution < 1.29 is 4.39 Å². The summed E-state index contributed by atoms with van der Waals surface area (Å²) in [6.07, 6.45) is 2.25. The Hall–Kier alpha value is -2.20. The van der Waals surface area contributed by atoms with Crippen molar-refractivity contribution in [3.8, 4) is 11.3 Å². The van der Waals surface area contributed by atoms with Crippen molar-refractivity contribution in [2.45, 2.75) is 12.5 Å². The molecule has 1 heterocycles. The number of aromatic nitrogens is 1. The lowest BCUT2D eigenvalue weighted by Gasteiger charge is -2.11. The van der Waals surface area contributed by atoms with Gasteiger partial charge in [-0.2, -0.15) is 0 Å². The minimum Gasteiger partial charge on any atom is -0.401 e. The first-order valence-corrected chi connectivity index (χ1v) is 5.97. The molecule has 0 aliphatic heterocycles. The van der Waals surface area contributed by atoms with E-state index in [1.807, 2.05) is 6.07 Å². The second-order valence-corrected chi connectivity index (χ2v) is 4.42. The van der Waals surface area contributed by atoms with E-state index in [0.717, 1.165) is 5.56 Å². The van der Waals surface area contributed by atoms with Gasteiger partial charge in [-0.05, 0) is 30.2 Å². The lowest BCUT2D eigenvalue weighted by atomic mass is 10.0. The highest BCUT2D eigenvalue weighted by atomic mass is 19.1. The predicted molar refractivity (Wildman–Crippen MR) is 74.6 cm³/mol. The van der Waals surface area contributed by atoms with Gasteiger partial charge in [0.25, 0.3) is 0 Å². The summed E-state index contributed by atoms with van der Waals surface area (Å²) in [7, 11) is 0. The molecule has 0 bridgehead atoms. The maximum Gasteiger partial charge on any atom is 0.132 e. The highest BCUT2D eigenvalue weighted by Crippen LogP contribution is 2.20. The van der Waals surface area contributed by atoms with Crippen LogP contribution in [-0.4, -0.2) is 11.0 Å². The number of hydrogen-bond donors (Lipinski definition) is 2. The third-order valence-corrected chi connectivity index (χ3v) is 2.91. The van der Waals surface area contributed by atoms with E-state index in [4.69, 9.17) is 11.5 Å². The van der Waals surface area contributed by atoms with Crippen LogP contribution in [0.2, 0.25) is 0 Å². The monoisotopic (exact) mass is 257 g/mol. The zero-order valence-electron chi connectivity index (χ0n) is 10.5. The van der Waals surface area contributed by atoms with Crippen LogP contribution in [0.1, 0.15) is 5.56 Å². The van der Waals surface area contributed by atoms with Crippen molar-refractivity contribution in [1.82, 2.24) is 4.98 Å². The van der Waals surface area contributed by atoms with Crippen LogP contribution in [0.3, 0.4) is 0 Å². The summed E-state index contributed by atoms with van der Waals surface area (Å²) in [6.45, 7) is 3.61. The Labute approximate surface area is 111 Å². The molecule has 0 aliphatic rings. The largest absolute Gasteiger partial charge is 0.401 e. The Morgan fingerprint density at radius 1 is 1.26 bits per heavy atom. The van der Waals surface area contributed by atoms with Crippen LogP contribution in [-0.2, 0) is 6.42 Å². The minimum atomic E-state index is -0.291. The minimum absolute atomic E-state index is 0.283. The number of halogens is 1. The van der Waals surface area contributed by atoms with E-state index in [2.05, 4.69) is 11.6 Å². The van der Waals surface area contributed by atoms with Crippen LogP contribution in [0.25, 0.3) is 11.3 Å². The Kier molecular flexibility index (Phi) is 3.92. The van der Waals surface area contributed by atoms with E-state index in [0.29, 0.717) is 23.4 Å². The lowest BCUT2D eigenvalue weighted by Crippen LogP contribution is -2.29. The Morgan fingerprint density at radius 3 is 2.58 bits per heavy atom. The van der Waals surface area contributed by atoms with Crippen molar-refractivity contribution in [2.24, 2.45) is 11.5 Å². The third-order valence-electron chi connectivity index (χ3n) is 2.91. The molecule has 0 radical (unpaired) electrons. The summed E-state index contributed by atoms with van der Waals surface area (Å²) >= 11 is 0. The van der Waals surface area contributed by atoms with Gasteiger partial charge in [-0.25, -0.2) is 4.39 Å². The van der Waals surface area contributed by atoms with Crippen LogP contribution in [0, 0.1) is 5.82 Å². The SMILES string of the molecule is C=C(N)[C@@H](N)Cc1ccc(-c2ccccc2F)nc1. The van der Waals surface area contributed by atoms with Gasteiger partial charge in [-0.3, -0.25) is 4.98 Å². The van der Waals surface area contributed by atoms with Crippen LogP contribution in [0.15, 0.2) is 54.9 Å². The Balaban J connectivity index is 2.19. The van der Waals surface area contributed by atoms with E-state index in [1.54, 1.807) is 30.5 Å². The second kappa shape index (κ2) is 5.63. The molecule has 0 saturated heterocycles. The average Bonchev–Trinajstić information content (AvgIpc) is 2.40. The Morgan fingerprint density at radius 2 is 2.00 bits per heavy atom. The van der Waals surface area contributed by atoms with Gasteiger partial charge >= 0.3 is 0 Å². The van der Waals surface area contributed by atoms with Crippen LogP contribution >= 0.6 is 0 Å². The summed E-state index contributed by atoms with van der Waals surface area (Å²) in [5.74, 6) is -0.283. The number of pyridine rings is 1. The zero-order valence-corrected chi connectivity index (χ0v) is 10.5. The van der Waals surface area contributed by atoms with E-state index < -0.39 is 0 Å². The maximum absolute atomic E-state index is 13.6. The third kappa shape index (κ3) is 3.17. The quantitative estimate of drug-likeness (QED) is 0.882. The molecule has 0 saturated carbocycles. The molecule has 1 aromatic carbocycles. The number of nitrogens with two attached hydrogens (primary N) is 2. The van der Waals surface area contributed by atoms with Crippen molar-refractivity contribution in [3.05, 3.63) is 66.3 Å². The first kappa shape index (κ1) is 13.2. The molecule has 3 nitrogen and oxygen atoms in total. The molecule has 2 rings (SSSR count). The van der Waals surface area contributed by atoms with Gasteiger partial charge in [0.15, 0.2) is 0 Å². The molecule has 4 heteroatoms. The summed E-state index contributed by atoms with van der Waals surface area (Å²) < 4.78 is 13.6. The van der Waals surface area contributed by atoms with Crippen LogP contribution < -0.4 is 11.5 Å². The molecule has 0 fully saturated rings. The normalized spacial score (nSPS) is 12.1. The molecular weight excluding hydrogens is 241 g/mol. The fourth-order valence-corrected chi connectivity index (χ4v) is 1.76. The zero-order chi connectivity index (χ0) is 13.8. The second-order valence-electron chi connectivity index (χ2n) is 4.42. The first-order valence-electron chi connectivity index (χ1n) is 5.97. The van der Waals surface area contributed by atoms with Gasteiger partial charge in [-0.1, -0.05) is 24.8 Å². The molecule has 98 valence electrons. The molecular formula is C15H16FN3. The standard InChI is InChI=1S/C15H16FN3/c1-10(17)14(18)8-11-6-7-15(19-9-11)12-4-2-3-5-13(12)16/h2-7,9,14H,1,8,17-18H2/t14-/m0/s1. The van der Waals surface area contributed by atoms with Gasteiger partial charge in [0.1, 0.15) is 5.82 Å². The molecule has 0 amide bonds. The van der Waals surface area contributed by atoms with Gasteiger partial charge in [-0.15, -0.1) is 0 Å². The Bertz CT molecular complexity index is 578. The average molecular weight is 257 g/mol. The predicted octanol–water partition coefficient (Wildman–Crippen LogP) is 2.23. The molecule has 1 atom stereocenters. The molecule has 4 N–H and O–H groups in total. The van der Waals surface area contributed by atoms with Gasteiger partial charge in [0.2, 0.25) is 0 Å². The fraction of sp³-hybridized carbons (Fsp3) is 0.133. The number of rotatable bonds is 4. The highest BCUT2D eigenvalue weighted by Gasteiger charge is 2.08. The summed E-state index contributed by atoms with van der Waals surface area (Å²) in [4.78, 5) is 4.26. The first-order chi connectivity index (χ1) is 9.08. The summed E-state index contributed by atoms with van der Waals surface area (Å²) in [5, 5.41) is 0. The molecule has 2 aromatic rings. The molecule has 0 spiro atoms. The molecule has 1 aromatic heterocycles. The van der Waals surface area contributed by atoms with Crippen LogP contribution in [0.4, 0.5) is 4.39 Å². The van der Waals surface area contributed by atoms with Crippen molar-refractivity contribution in [3.63, 3.8) is 0 Å². The van der Waals surface area contributed by atoms with E-state index in [9.17, 15) is 4.39 Å². The van der Waals surface area contributed by atoms with Crippen molar-refractivity contribution >= 4 is 0 Å². The molecule has 19 heavy (non-hydrogen) atoms. The summed E-state index contributed by atoms with van der Waals surface area (Å²) in [5.41, 5.74) is 13.8. The van der Waals surface area contributed by atoms with E-state index >= 15 is 0 Å². The topological polar surface area (TPSA) is 64.9 Å². The molecule has 0 aliphatic carbocycles.